The first-order chi connectivity index (χ1) is 13.5. The summed E-state index contributed by atoms with van der Waals surface area (Å²) in [5, 5.41) is 9.56. The molecule has 3 N–H and O–H groups in total. The summed E-state index contributed by atoms with van der Waals surface area (Å²) in [6.07, 6.45) is 2.11. The number of nitrogens with zero attached hydrogens (tertiary/aromatic N) is 1. The molecule has 6 nitrogen and oxygen atoms in total. The van der Waals surface area contributed by atoms with Crippen LogP contribution in [0.5, 0.6) is 0 Å². The van der Waals surface area contributed by atoms with Crippen molar-refractivity contribution < 1.29 is 9.53 Å². The molecule has 1 unspecified atom stereocenters. The normalized spacial score (nSPS) is 12.3. The summed E-state index contributed by atoms with van der Waals surface area (Å²) in [4.78, 5) is 16.8. The number of carbonyl (C=O) groups excluding carboxylic acids is 1. The number of carbonyl (C=O) groups is 1. The fraction of sp³-hybridized carbons (Fsp3) is 0.636. The number of hydrogen-bond donors (Lipinski definition) is 3. The number of nitrogens with one attached hydrogen (secondary N) is 3. The number of benzene rings is 1. The van der Waals surface area contributed by atoms with E-state index in [0.717, 1.165) is 44.1 Å². The van der Waals surface area contributed by atoms with Gasteiger partial charge in [0.15, 0.2) is 5.96 Å². The number of hydrogen-bond acceptors (Lipinski definition) is 3. The minimum absolute atomic E-state index is 0. The third kappa shape index (κ3) is 11.4. The van der Waals surface area contributed by atoms with Gasteiger partial charge >= 0.3 is 0 Å². The summed E-state index contributed by atoms with van der Waals surface area (Å²) in [7, 11) is 0. The highest BCUT2D eigenvalue weighted by Crippen LogP contribution is 2.10. The van der Waals surface area contributed by atoms with Crippen molar-refractivity contribution in [3.05, 3.63) is 35.4 Å². The molecule has 0 saturated carbocycles. The quantitative estimate of drug-likeness (QED) is 0.223. The average molecular weight is 518 g/mol. The predicted octanol–water partition coefficient (Wildman–Crippen LogP) is 3.95. The first-order valence-corrected chi connectivity index (χ1v) is 10.5. The van der Waals surface area contributed by atoms with Crippen LogP contribution in [0.15, 0.2) is 29.3 Å². The highest BCUT2D eigenvalue weighted by molar-refractivity contribution is 14.0. The Bertz CT molecular complexity index is 608. The Labute approximate surface area is 193 Å². The fourth-order valence-electron chi connectivity index (χ4n) is 2.82. The molecular formula is C22H39IN4O2. The molecule has 166 valence electrons. The van der Waals surface area contributed by atoms with Crippen LogP contribution in [0.4, 0.5) is 0 Å². The van der Waals surface area contributed by atoms with Crippen LogP contribution in [-0.2, 0) is 11.3 Å². The van der Waals surface area contributed by atoms with Gasteiger partial charge in [0.2, 0.25) is 0 Å². The van der Waals surface area contributed by atoms with E-state index in [1.807, 2.05) is 45.0 Å². The van der Waals surface area contributed by atoms with Crippen molar-refractivity contribution in [3.8, 4) is 0 Å². The van der Waals surface area contributed by atoms with Crippen molar-refractivity contribution in [2.45, 2.75) is 60.1 Å². The first-order valence-electron chi connectivity index (χ1n) is 10.5. The maximum atomic E-state index is 12.1. The van der Waals surface area contributed by atoms with Crippen molar-refractivity contribution in [2.75, 3.05) is 26.2 Å². The SMILES string of the molecule is CCCNC(=O)c1cccc(CN=C(NCC)NCCC(OCC)C(C)C)c1.I. The fourth-order valence-corrected chi connectivity index (χ4v) is 2.82. The van der Waals surface area contributed by atoms with Gasteiger partial charge in [0.05, 0.1) is 12.6 Å². The third-order valence-corrected chi connectivity index (χ3v) is 4.33. The number of guanidine groups is 1. The van der Waals surface area contributed by atoms with Gasteiger partial charge in [0.25, 0.3) is 5.91 Å². The summed E-state index contributed by atoms with van der Waals surface area (Å²) in [6, 6.07) is 7.64. The second-order valence-electron chi connectivity index (χ2n) is 7.10. The largest absolute Gasteiger partial charge is 0.378 e. The number of amides is 1. The molecule has 0 aromatic heterocycles. The summed E-state index contributed by atoms with van der Waals surface area (Å²) >= 11 is 0. The number of ether oxygens (including phenoxy) is 1. The minimum atomic E-state index is -0.0339. The molecule has 1 aromatic rings. The Balaban J connectivity index is 0.00000784. The molecule has 7 heteroatoms. The molecule has 1 aromatic carbocycles. The minimum Gasteiger partial charge on any atom is -0.378 e. The van der Waals surface area contributed by atoms with Gasteiger partial charge in [0, 0.05) is 31.8 Å². The first kappa shape index (κ1) is 27.6. The summed E-state index contributed by atoms with van der Waals surface area (Å²) in [5.74, 6) is 1.23. The van der Waals surface area contributed by atoms with Gasteiger partial charge in [0.1, 0.15) is 0 Å². The van der Waals surface area contributed by atoms with Crippen LogP contribution < -0.4 is 16.0 Å². The van der Waals surface area contributed by atoms with E-state index >= 15 is 0 Å². The van der Waals surface area contributed by atoms with E-state index in [2.05, 4.69) is 34.8 Å². The lowest BCUT2D eigenvalue weighted by molar-refractivity contribution is 0.0258. The zero-order chi connectivity index (χ0) is 20.8. The van der Waals surface area contributed by atoms with Gasteiger partial charge in [-0.2, -0.15) is 0 Å². The van der Waals surface area contributed by atoms with Crippen LogP contribution in [0.1, 0.15) is 63.4 Å². The standard InChI is InChI=1S/C22H38N4O2.HI/c1-6-13-24-21(27)19-11-9-10-18(15-19)16-26-22(23-7-2)25-14-12-20(17(4)5)28-8-3;/h9-11,15,17,20H,6-8,12-14,16H2,1-5H3,(H,24,27)(H2,23,25,26);1H. The van der Waals surface area contributed by atoms with Crippen LogP contribution in [0.3, 0.4) is 0 Å². The Morgan fingerprint density at radius 2 is 1.86 bits per heavy atom. The van der Waals surface area contributed by atoms with Crippen LogP contribution in [0.2, 0.25) is 0 Å². The summed E-state index contributed by atoms with van der Waals surface area (Å²) < 4.78 is 5.80. The molecule has 0 aliphatic rings. The van der Waals surface area contributed by atoms with Crippen molar-refractivity contribution in [3.63, 3.8) is 0 Å². The number of aliphatic imine (C=N–C) groups is 1. The molecular weight excluding hydrogens is 479 g/mol. The summed E-state index contributed by atoms with van der Waals surface area (Å²) in [6.45, 7) is 14.0. The van der Waals surface area contributed by atoms with E-state index < -0.39 is 0 Å². The maximum Gasteiger partial charge on any atom is 0.251 e. The molecule has 0 aliphatic carbocycles. The van der Waals surface area contributed by atoms with E-state index in [4.69, 9.17) is 4.74 Å². The van der Waals surface area contributed by atoms with Crippen LogP contribution in [0.25, 0.3) is 0 Å². The van der Waals surface area contributed by atoms with Gasteiger partial charge < -0.3 is 20.7 Å². The molecule has 0 spiro atoms. The second kappa shape index (κ2) is 16.4. The van der Waals surface area contributed by atoms with Crippen molar-refractivity contribution >= 4 is 35.8 Å². The molecule has 1 rings (SSSR count). The molecule has 1 amide bonds. The molecule has 0 bridgehead atoms. The van der Waals surface area contributed by atoms with Gasteiger partial charge in [-0.05, 0) is 50.3 Å². The lowest BCUT2D eigenvalue weighted by Crippen LogP contribution is -2.39. The molecule has 0 saturated heterocycles. The highest BCUT2D eigenvalue weighted by atomic mass is 127. The predicted molar refractivity (Wildman–Crippen MR) is 132 cm³/mol. The second-order valence-corrected chi connectivity index (χ2v) is 7.10. The molecule has 1 atom stereocenters. The third-order valence-electron chi connectivity index (χ3n) is 4.33. The van der Waals surface area contributed by atoms with Gasteiger partial charge in [-0.25, -0.2) is 4.99 Å². The number of rotatable bonds is 12. The van der Waals surface area contributed by atoms with Crippen LogP contribution >= 0.6 is 24.0 Å². The smallest absolute Gasteiger partial charge is 0.251 e. The van der Waals surface area contributed by atoms with Gasteiger partial charge in [-0.15, -0.1) is 24.0 Å². The number of halogens is 1. The molecule has 0 radical (unpaired) electrons. The van der Waals surface area contributed by atoms with E-state index in [1.54, 1.807) is 0 Å². The average Bonchev–Trinajstić information content (AvgIpc) is 2.69. The van der Waals surface area contributed by atoms with E-state index in [9.17, 15) is 4.79 Å². The Morgan fingerprint density at radius 3 is 2.48 bits per heavy atom. The van der Waals surface area contributed by atoms with Gasteiger partial charge in [-0.1, -0.05) is 32.9 Å². The lowest BCUT2D eigenvalue weighted by Gasteiger charge is -2.21. The Kier molecular flexibility index (Phi) is 15.7. The highest BCUT2D eigenvalue weighted by Gasteiger charge is 2.13. The van der Waals surface area contributed by atoms with E-state index in [0.29, 0.717) is 24.6 Å². The molecule has 0 heterocycles. The van der Waals surface area contributed by atoms with Crippen LogP contribution in [-0.4, -0.2) is 44.2 Å². The maximum absolute atomic E-state index is 12.1. The zero-order valence-corrected chi connectivity index (χ0v) is 20.9. The van der Waals surface area contributed by atoms with Crippen LogP contribution in [0, 0.1) is 5.92 Å². The molecule has 0 fully saturated rings. The monoisotopic (exact) mass is 518 g/mol. The Morgan fingerprint density at radius 1 is 1.10 bits per heavy atom. The van der Waals surface area contributed by atoms with Crippen molar-refractivity contribution in [1.82, 2.24) is 16.0 Å². The topological polar surface area (TPSA) is 74.8 Å². The summed E-state index contributed by atoms with van der Waals surface area (Å²) in [5.41, 5.74) is 1.69. The Hall–Kier alpha value is -1.35. The molecule has 0 aliphatic heterocycles. The van der Waals surface area contributed by atoms with Gasteiger partial charge in [-0.3, -0.25) is 4.79 Å². The van der Waals surface area contributed by atoms with Crippen molar-refractivity contribution in [2.24, 2.45) is 10.9 Å². The van der Waals surface area contributed by atoms with E-state index in [-0.39, 0.29) is 36.0 Å². The van der Waals surface area contributed by atoms with Crippen molar-refractivity contribution in [1.29, 1.82) is 0 Å². The van der Waals surface area contributed by atoms with E-state index in [1.165, 1.54) is 0 Å². The lowest BCUT2D eigenvalue weighted by atomic mass is 10.0. The molecule has 29 heavy (non-hydrogen) atoms. The zero-order valence-electron chi connectivity index (χ0n) is 18.6.